The van der Waals surface area contributed by atoms with Gasteiger partial charge in [-0.1, -0.05) is 60.2 Å². The third-order valence-corrected chi connectivity index (χ3v) is 6.76. The zero-order chi connectivity index (χ0) is 21.4. The summed E-state index contributed by atoms with van der Waals surface area (Å²) in [6, 6.07) is 23.0. The number of rotatable bonds is 9. The lowest BCUT2D eigenvalue weighted by molar-refractivity contribution is 0.0957. The summed E-state index contributed by atoms with van der Waals surface area (Å²) < 4.78 is 27.7. The van der Waals surface area contributed by atoms with Gasteiger partial charge < -0.3 is 5.32 Å². The fourth-order valence-corrected chi connectivity index (χ4v) is 4.80. The molecule has 7 heteroatoms. The van der Waals surface area contributed by atoms with E-state index in [0.717, 1.165) is 11.5 Å². The van der Waals surface area contributed by atoms with Crippen molar-refractivity contribution in [1.82, 2.24) is 5.32 Å². The van der Waals surface area contributed by atoms with Crippen LogP contribution in [0.1, 0.15) is 21.5 Å². The molecule has 0 aliphatic rings. The highest BCUT2D eigenvalue weighted by Crippen LogP contribution is 2.20. The molecule has 0 saturated carbocycles. The first-order chi connectivity index (χ1) is 14.5. The maximum absolute atomic E-state index is 12.6. The highest BCUT2D eigenvalue weighted by molar-refractivity contribution is 7.98. The smallest absolute Gasteiger partial charge is 0.261 e. The van der Waals surface area contributed by atoms with Crippen molar-refractivity contribution in [2.24, 2.45) is 0 Å². The van der Waals surface area contributed by atoms with Crippen LogP contribution in [0, 0.1) is 6.92 Å². The number of hydrogen-bond donors (Lipinski definition) is 2. The van der Waals surface area contributed by atoms with E-state index in [2.05, 4.69) is 35.2 Å². The monoisotopic (exact) mass is 440 g/mol. The van der Waals surface area contributed by atoms with Gasteiger partial charge in [0.15, 0.2) is 0 Å². The van der Waals surface area contributed by atoms with Gasteiger partial charge in [0.1, 0.15) is 0 Å². The lowest BCUT2D eigenvalue weighted by Gasteiger charge is -2.13. The third-order valence-electron chi connectivity index (χ3n) is 4.35. The number of thioether (sulfide) groups is 1. The highest BCUT2D eigenvalue weighted by Gasteiger charge is 2.18. The Hall–Kier alpha value is -2.77. The average Bonchev–Trinajstić information content (AvgIpc) is 2.74. The second kappa shape index (κ2) is 10.3. The predicted octanol–water partition coefficient (Wildman–Crippen LogP) is 4.46. The van der Waals surface area contributed by atoms with Gasteiger partial charge in [0, 0.05) is 18.1 Å². The lowest BCUT2D eigenvalue weighted by Crippen LogP contribution is -2.27. The van der Waals surface area contributed by atoms with Crippen LogP contribution in [0.3, 0.4) is 0 Å². The number of carbonyl (C=O) groups is 1. The number of hydrogen-bond acceptors (Lipinski definition) is 4. The molecule has 30 heavy (non-hydrogen) atoms. The molecule has 0 aliphatic heterocycles. The van der Waals surface area contributed by atoms with Gasteiger partial charge in [-0.15, -0.1) is 0 Å². The Morgan fingerprint density at radius 1 is 0.933 bits per heavy atom. The fraction of sp³-hybridized carbons (Fsp3) is 0.174. The number of para-hydroxylation sites is 1. The van der Waals surface area contributed by atoms with Gasteiger partial charge in [0.05, 0.1) is 16.1 Å². The van der Waals surface area contributed by atoms with Crippen molar-refractivity contribution < 1.29 is 13.2 Å². The fourth-order valence-electron chi connectivity index (χ4n) is 2.90. The molecule has 3 aromatic carbocycles. The first-order valence-electron chi connectivity index (χ1n) is 9.54. The minimum atomic E-state index is -3.77. The number of aryl methyl sites for hydroxylation is 1. The van der Waals surface area contributed by atoms with E-state index in [1.807, 2.05) is 6.07 Å². The molecule has 0 aliphatic carbocycles. The van der Waals surface area contributed by atoms with Crippen LogP contribution >= 0.6 is 11.8 Å². The summed E-state index contributed by atoms with van der Waals surface area (Å²) in [6.45, 7) is 2.56. The molecular formula is C23H24N2O3S2. The summed E-state index contributed by atoms with van der Waals surface area (Å²) in [5.41, 5.74) is 3.04. The van der Waals surface area contributed by atoms with Gasteiger partial charge in [-0.3, -0.25) is 9.52 Å². The second-order valence-corrected chi connectivity index (χ2v) is 9.55. The van der Waals surface area contributed by atoms with E-state index in [4.69, 9.17) is 0 Å². The van der Waals surface area contributed by atoms with Gasteiger partial charge in [-0.25, -0.2) is 8.42 Å². The van der Waals surface area contributed by atoms with E-state index in [9.17, 15) is 13.2 Å². The molecule has 0 heterocycles. The van der Waals surface area contributed by atoms with Crippen molar-refractivity contribution >= 4 is 33.4 Å². The van der Waals surface area contributed by atoms with Gasteiger partial charge >= 0.3 is 0 Å². The Morgan fingerprint density at radius 3 is 2.43 bits per heavy atom. The van der Waals surface area contributed by atoms with E-state index in [1.54, 1.807) is 54.2 Å². The van der Waals surface area contributed by atoms with Crippen LogP contribution in [-0.2, 0) is 15.8 Å². The van der Waals surface area contributed by atoms with E-state index >= 15 is 0 Å². The number of sulfonamides is 1. The first-order valence-corrected chi connectivity index (χ1v) is 12.2. The van der Waals surface area contributed by atoms with Crippen LogP contribution in [0.4, 0.5) is 5.69 Å². The van der Waals surface area contributed by atoms with Crippen molar-refractivity contribution in [3.05, 3.63) is 95.6 Å². The van der Waals surface area contributed by atoms with Crippen LogP contribution in [0.2, 0.25) is 0 Å². The van der Waals surface area contributed by atoms with Crippen LogP contribution < -0.4 is 10.0 Å². The van der Waals surface area contributed by atoms with E-state index < -0.39 is 10.0 Å². The zero-order valence-electron chi connectivity index (χ0n) is 16.7. The molecule has 1 amide bonds. The maximum Gasteiger partial charge on any atom is 0.261 e. The van der Waals surface area contributed by atoms with Crippen molar-refractivity contribution in [2.45, 2.75) is 17.6 Å². The SMILES string of the molecule is Cc1cccc(CSCCNC(=O)c2ccccc2NS(=O)(=O)c2ccccc2)c1. The van der Waals surface area contributed by atoms with Gasteiger partial charge in [0.2, 0.25) is 0 Å². The number of carbonyl (C=O) groups excluding carboxylic acids is 1. The van der Waals surface area contributed by atoms with Crippen molar-refractivity contribution in [3.63, 3.8) is 0 Å². The Labute approximate surface area is 182 Å². The van der Waals surface area contributed by atoms with E-state index in [1.165, 1.54) is 23.3 Å². The Kier molecular flexibility index (Phi) is 7.54. The molecule has 3 aromatic rings. The molecule has 156 valence electrons. The number of benzene rings is 3. The van der Waals surface area contributed by atoms with E-state index in [-0.39, 0.29) is 16.5 Å². The summed E-state index contributed by atoms with van der Waals surface area (Å²) in [4.78, 5) is 12.8. The van der Waals surface area contributed by atoms with Crippen LogP contribution in [0.5, 0.6) is 0 Å². The molecule has 3 rings (SSSR count). The Balaban J connectivity index is 1.56. The largest absolute Gasteiger partial charge is 0.351 e. The number of anilines is 1. The lowest BCUT2D eigenvalue weighted by atomic mass is 10.2. The zero-order valence-corrected chi connectivity index (χ0v) is 18.3. The maximum atomic E-state index is 12.6. The molecule has 0 aromatic heterocycles. The summed E-state index contributed by atoms with van der Waals surface area (Å²) in [5.74, 6) is 1.33. The highest BCUT2D eigenvalue weighted by atomic mass is 32.2. The minimum Gasteiger partial charge on any atom is -0.351 e. The van der Waals surface area contributed by atoms with Gasteiger partial charge in [-0.05, 0) is 36.8 Å². The van der Waals surface area contributed by atoms with Crippen LogP contribution in [0.25, 0.3) is 0 Å². The molecule has 5 nitrogen and oxygen atoms in total. The molecular weight excluding hydrogens is 416 g/mol. The summed E-state index contributed by atoms with van der Waals surface area (Å²) in [7, 11) is -3.77. The van der Waals surface area contributed by atoms with Crippen LogP contribution in [-0.4, -0.2) is 26.6 Å². The van der Waals surface area contributed by atoms with Crippen molar-refractivity contribution in [1.29, 1.82) is 0 Å². The topological polar surface area (TPSA) is 75.3 Å². The summed E-state index contributed by atoms with van der Waals surface area (Å²) >= 11 is 1.74. The molecule has 0 atom stereocenters. The van der Waals surface area contributed by atoms with Crippen LogP contribution in [0.15, 0.2) is 83.8 Å². The molecule has 2 N–H and O–H groups in total. The van der Waals surface area contributed by atoms with Crippen molar-refractivity contribution in [2.75, 3.05) is 17.0 Å². The molecule has 0 saturated heterocycles. The quantitative estimate of drug-likeness (QED) is 0.482. The molecule has 0 spiro atoms. The third kappa shape index (κ3) is 6.11. The van der Waals surface area contributed by atoms with Crippen molar-refractivity contribution in [3.8, 4) is 0 Å². The first kappa shape index (κ1) is 21.9. The molecule has 0 radical (unpaired) electrons. The number of nitrogens with one attached hydrogen (secondary N) is 2. The van der Waals surface area contributed by atoms with E-state index in [0.29, 0.717) is 12.1 Å². The standard InChI is InChI=1S/C23H24N2O3S2/c1-18-8-7-9-19(16-18)17-29-15-14-24-23(26)21-12-5-6-13-22(21)25-30(27,28)20-10-3-2-4-11-20/h2-13,16,25H,14-15,17H2,1H3,(H,24,26). The average molecular weight is 441 g/mol. The summed E-state index contributed by atoms with van der Waals surface area (Å²) in [6.07, 6.45) is 0. The molecule has 0 bridgehead atoms. The summed E-state index contributed by atoms with van der Waals surface area (Å²) in [5, 5.41) is 2.87. The Morgan fingerprint density at radius 2 is 1.67 bits per heavy atom. The second-order valence-electron chi connectivity index (χ2n) is 6.76. The minimum absolute atomic E-state index is 0.146. The van der Waals surface area contributed by atoms with Gasteiger partial charge in [-0.2, -0.15) is 11.8 Å². The molecule has 0 unspecified atom stereocenters. The predicted molar refractivity (Wildman–Crippen MR) is 123 cm³/mol. The number of amides is 1. The normalized spacial score (nSPS) is 11.1. The molecule has 0 fully saturated rings. The Bertz CT molecular complexity index is 1100. The van der Waals surface area contributed by atoms with Gasteiger partial charge in [0.25, 0.3) is 15.9 Å².